The summed E-state index contributed by atoms with van der Waals surface area (Å²) < 4.78 is 0. The van der Waals surface area contributed by atoms with Crippen LogP contribution in [0.5, 0.6) is 0 Å². The molecule has 0 saturated heterocycles. The third-order valence-electron chi connectivity index (χ3n) is 3.45. The lowest BCUT2D eigenvalue weighted by molar-refractivity contribution is 0.255. The minimum atomic E-state index is 0.301. The zero-order valence-electron chi connectivity index (χ0n) is 10.0. The fourth-order valence-corrected chi connectivity index (χ4v) is 3.20. The maximum absolute atomic E-state index is 8.99. The Kier molecular flexibility index (Phi) is 6.69. The van der Waals surface area contributed by atoms with E-state index in [2.05, 4.69) is 18.5 Å². The van der Waals surface area contributed by atoms with E-state index in [0.29, 0.717) is 18.7 Å². The number of hydrogen-bond acceptors (Lipinski definition) is 3. The molecule has 15 heavy (non-hydrogen) atoms. The zero-order chi connectivity index (χ0) is 11.1. The van der Waals surface area contributed by atoms with Crippen molar-refractivity contribution >= 4 is 11.8 Å². The highest BCUT2D eigenvalue weighted by Crippen LogP contribution is 2.27. The van der Waals surface area contributed by atoms with Crippen LogP contribution in [-0.4, -0.2) is 35.8 Å². The van der Waals surface area contributed by atoms with Gasteiger partial charge in [-0.05, 0) is 38.4 Å². The fraction of sp³-hybridized carbons (Fsp3) is 1.00. The molecule has 0 heterocycles. The van der Waals surface area contributed by atoms with Crippen molar-refractivity contribution in [1.82, 2.24) is 5.32 Å². The van der Waals surface area contributed by atoms with E-state index < -0.39 is 0 Å². The first-order chi connectivity index (χ1) is 7.27. The molecule has 0 radical (unpaired) electrons. The quantitative estimate of drug-likeness (QED) is 0.705. The molecule has 1 aliphatic carbocycles. The molecular weight excluding hydrogens is 206 g/mol. The largest absolute Gasteiger partial charge is 0.396 e. The number of aliphatic hydroxyl groups excluding tert-OH is 1. The molecule has 2 N–H and O–H groups in total. The summed E-state index contributed by atoms with van der Waals surface area (Å²) in [5.41, 5.74) is 0. The average Bonchev–Trinajstić information content (AvgIpc) is 2.71. The Morgan fingerprint density at radius 2 is 2.07 bits per heavy atom. The summed E-state index contributed by atoms with van der Waals surface area (Å²) >= 11 is 1.86. The van der Waals surface area contributed by atoms with Gasteiger partial charge >= 0.3 is 0 Å². The van der Waals surface area contributed by atoms with E-state index in [9.17, 15) is 0 Å². The van der Waals surface area contributed by atoms with Gasteiger partial charge in [0, 0.05) is 24.4 Å². The van der Waals surface area contributed by atoms with Crippen LogP contribution in [0.3, 0.4) is 0 Å². The van der Waals surface area contributed by atoms with Crippen LogP contribution in [0.15, 0.2) is 0 Å². The van der Waals surface area contributed by atoms with Gasteiger partial charge < -0.3 is 10.4 Å². The third-order valence-corrected chi connectivity index (χ3v) is 4.19. The lowest BCUT2D eigenvalue weighted by Gasteiger charge is -2.26. The maximum Gasteiger partial charge on any atom is 0.0446 e. The highest BCUT2D eigenvalue weighted by atomic mass is 32.2. The molecule has 1 fully saturated rings. The normalized spacial score (nSPS) is 21.8. The molecular formula is C12H25NOS. The van der Waals surface area contributed by atoms with Gasteiger partial charge in [0.25, 0.3) is 0 Å². The Morgan fingerprint density at radius 1 is 1.40 bits per heavy atom. The van der Waals surface area contributed by atoms with E-state index >= 15 is 0 Å². The van der Waals surface area contributed by atoms with Gasteiger partial charge in [0.2, 0.25) is 0 Å². The van der Waals surface area contributed by atoms with Gasteiger partial charge in [-0.2, -0.15) is 11.8 Å². The van der Waals surface area contributed by atoms with Crippen molar-refractivity contribution < 1.29 is 5.11 Å². The van der Waals surface area contributed by atoms with Gasteiger partial charge in [-0.15, -0.1) is 0 Å². The molecule has 0 aromatic heterocycles. The molecule has 3 heteroatoms. The molecule has 1 rings (SSSR count). The molecule has 1 aliphatic rings. The van der Waals surface area contributed by atoms with Crippen molar-refractivity contribution in [3.63, 3.8) is 0 Å². The number of aliphatic hydroxyl groups is 1. The van der Waals surface area contributed by atoms with E-state index in [4.69, 9.17) is 5.11 Å². The van der Waals surface area contributed by atoms with Gasteiger partial charge in [0.05, 0.1) is 0 Å². The topological polar surface area (TPSA) is 32.3 Å². The van der Waals surface area contributed by atoms with Crippen LogP contribution in [0.2, 0.25) is 0 Å². The predicted molar refractivity (Wildman–Crippen MR) is 68.4 cm³/mol. The summed E-state index contributed by atoms with van der Waals surface area (Å²) in [5, 5.41) is 12.7. The molecule has 2 nitrogen and oxygen atoms in total. The summed E-state index contributed by atoms with van der Waals surface area (Å²) in [4.78, 5) is 0. The molecule has 0 aromatic rings. The molecule has 0 amide bonds. The van der Waals surface area contributed by atoms with E-state index in [-0.39, 0.29) is 0 Å². The van der Waals surface area contributed by atoms with Crippen LogP contribution >= 0.6 is 11.8 Å². The third kappa shape index (κ3) is 4.75. The number of rotatable bonds is 7. The van der Waals surface area contributed by atoms with Crippen LogP contribution in [0.25, 0.3) is 0 Å². The smallest absolute Gasteiger partial charge is 0.0446 e. The first-order valence-electron chi connectivity index (χ1n) is 6.13. The maximum atomic E-state index is 8.99. The van der Waals surface area contributed by atoms with Crippen molar-refractivity contribution in [2.45, 2.75) is 51.1 Å². The predicted octanol–water partition coefficient (Wildman–Crippen LogP) is 2.27. The highest BCUT2D eigenvalue weighted by molar-refractivity contribution is 7.98. The molecule has 0 bridgehead atoms. The summed E-state index contributed by atoms with van der Waals surface area (Å²) in [6.07, 6.45) is 8.61. The van der Waals surface area contributed by atoms with E-state index in [1.807, 2.05) is 11.8 Å². The van der Waals surface area contributed by atoms with Crippen LogP contribution in [0.4, 0.5) is 0 Å². The molecule has 0 aliphatic heterocycles. The Bertz CT molecular complexity index is 154. The lowest BCUT2D eigenvalue weighted by atomic mass is 9.99. The molecule has 0 spiro atoms. The van der Waals surface area contributed by atoms with Gasteiger partial charge in [-0.1, -0.05) is 12.8 Å². The molecule has 0 aromatic carbocycles. The fourth-order valence-electron chi connectivity index (χ4n) is 2.54. The molecule has 90 valence electrons. The summed E-state index contributed by atoms with van der Waals surface area (Å²) in [6.45, 7) is 2.61. The van der Waals surface area contributed by atoms with Crippen LogP contribution in [-0.2, 0) is 0 Å². The van der Waals surface area contributed by atoms with Gasteiger partial charge in [-0.3, -0.25) is 0 Å². The van der Waals surface area contributed by atoms with E-state index in [1.165, 1.54) is 25.7 Å². The van der Waals surface area contributed by atoms with Gasteiger partial charge in [-0.25, -0.2) is 0 Å². The SMILES string of the molecule is CSCC(CCO)NC(C)C1CCCC1. The second-order valence-electron chi connectivity index (χ2n) is 4.66. The van der Waals surface area contributed by atoms with Crippen molar-refractivity contribution in [3.8, 4) is 0 Å². The van der Waals surface area contributed by atoms with Gasteiger partial charge in [0.1, 0.15) is 0 Å². The average molecular weight is 231 g/mol. The molecule has 1 saturated carbocycles. The first-order valence-corrected chi connectivity index (χ1v) is 7.53. The van der Waals surface area contributed by atoms with E-state index in [1.54, 1.807) is 0 Å². The molecule has 2 atom stereocenters. The van der Waals surface area contributed by atoms with Crippen molar-refractivity contribution in [2.75, 3.05) is 18.6 Å². The van der Waals surface area contributed by atoms with Crippen LogP contribution in [0.1, 0.15) is 39.0 Å². The standard InChI is InChI=1S/C12H25NOS/c1-10(11-5-3-4-6-11)13-12(7-8-14)9-15-2/h10-14H,3-9H2,1-2H3. The summed E-state index contributed by atoms with van der Waals surface area (Å²) in [5.74, 6) is 1.98. The minimum Gasteiger partial charge on any atom is -0.396 e. The van der Waals surface area contributed by atoms with Crippen LogP contribution in [0, 0.1) is 5.92 Å². The summed E-state index contributed by atoms with van der Waals surface area (Å²) in [7, 11) is 0. The Morgan fingerprint density at radius 3 is 2.60 bits per heavy atom. The zero-order valence-corrected chi connectivity index (χ0v) is 10.9. The Labute approximate surface area is 98.2 Å². The van der Waals surface area contributed by atoms with Gasteiger partial charge in [0.15, 0.2) is 0 Å². The first kappa shape index (κ1) is 13.3. The number of hydrogen-bond donors (Lipinski definition) is 2. The highest BCUT2D eigenvalue weighted by Gasteiger charge is 2.23. The summed E-state index contributed by atoms with van der Waals surface area (Å²) in [6, 6.07) is 1.11. The van der Waals surface area contributed by atoms with Crippen molar-refractivity contribution in [2.24, 2.45) is 5.92 Å². The second kappa shape index (κ2) is 7.53. The minimum absolute atomic E-state index is 0.301. The van der Waals surface area contributed by atoms with Crippen molar-refractivity contribution in [1.29, 1.82) is 0 Å². The Balaban J connectivity index is 2.28. The second-order valence-corrected chi connectivity index (χ2v) is 5.58. The number of thioether (sulfide) groups is 1. The van der Waals surface area contributed by atoms with E-state index in [0.717, 1.165) is 18.1 Å². The molecule has 2 unspecified atom stereocenters. The number of nitrogens with one attached hydrogen (secondary N) is 1. The van der Waals surface area contributed by atoms with Crippen molar-refractivity contribution in [3.05, 3.63) is 0 Å². The Hall–Kier alpha value is 0.270. The monoisotopic (exact) mass is 231 g/mol. The lowest BCUT2D eigenvalue weighted by Crippen LogP contribution is -2.42. The van der Waals surface area contributed by atoms with Crippen LogP contribution < -0.4 is 5.32 Å².